The van der Waals surface area contributed by atoms with Gasteiger partial charge >= 0.3 is 0 Å². The molecule has 0 bridgehead atoms. The van der Waals surface area contributed by atoms with Crippen molar-refractivity contribution >= 4 is 17.5 Å². The summed E-state index contributed by atoms with van der Waals surface area (Å²) < 4.78 is 0. The van der Waals surface area contributed by atoms with Crippen LogP contribution in [0.3, 0.4) is 0 Å². The maximum atomic E-state index is 12.6. The first-order valence-electron chi connectivity index (χ1n) is 7.84. The highest BCUT2D eigenvalue weighted by Gasteiger charge is 2.31. The number of carbonyl (C=O) groups is 1. The third kappa shape index (κ3) is 4.45. The zero-order valence-electron chi connectivity index (χ0n) is 12.8. The number of halogens is 1. The first-order valence-corrected chi connectivity index (χ1v) is 8.22. The minimum absolute atomic E-state index is 0.141. The monoisotopic (exact) mass is 308 g/mol. The molecule has 0 radical (unpaired) electrons. The standard InChI is InChI=1S/C17H25ClN2O/c1-2-20(13-14-8-4-5-9-15(14)18)16(21)12-17(19)10-6-3-7-11-17/h4-5,8-9H,2-3,6-7,10-13,19H2,1H3. The summed E-state index contributed by atoms with van der Waals surface area (Å²) in [5, 5.41) is 0.712. The van der Waals surface area contributed by atoms with Gasteiger partial charge in [-0.15, -0.1) is 0 Å². The van der Waals surface area contributed by atoms with Gasteiger partial charge in [0.25, 0.3) is 0 Å². The van der Waals surface area contributed by atoms with Crippen LogP contribution in [0, 0.1) is 0 Å². The average molecular weight is 309 g/mol. The number of hydrogen-bond donors (Lipinski definition) is 1. The Hall–Kier alpha value is -1.06. The molecule has 1 aromatic rings. The second kappa shape index (κ2) is 7.28. The van der Waals surface area contributed by atoms with E-state index >= 15 is 0 Å². The van der Waals surface area contributed by atoms with E-state index in [1.807, 2.05) is 36.1 Å². The zero-order chi connectivity index (χ0) is 15.3. The highest BCUT2D eigenvalue weighted by Crippen LogP contribution is 2.29. The fourth-order valence-electron chi connectivity index (χ4n) is 3.05. The lowest BCUT2D eigenvalue weighted by Gasteiger charge is -2.34. The van der Waals surface area contributed by atoms with E-state index in [4.69, 9.17) is 17.3 Å². The summed E-state index contributed by atoms with van der Waals surface area (Å²) in [6.45, 7) is 3.24. The Bertz CT molecular complexity index is 483. The molecule has 1 amide bonds. The Kier molecular flexibility index (Phi) is 5.65. The van der Waals surface area contributed by atoms with E-state index in [-0.39, 0.29) is 11.4 Å². The van der Waals surface area contributed by atoms with Gasteiger partial charge in [-0.1, -0.05) is 49.1 Å². The van der Waals surface area contributed by atoms with Crippen LogP contribution >= 0.6 is 11.6 Å². The van der Waals surface area contributed by atoms with E-state index < -0.39 is 0 Å². The predicted octanol–water partition coefficient (Wildman–Crippen LogP) is 3.74. The molecular weight excluding hydrogens is 284 g/mol. The number of nitrogens with two attached hydrogens (primary N) is 1. The summed E-state index contributed by atoms with van der Waals surface area (Å²) in [5.41, 5.74) is 7.09. The third-order valence-corrected chi connectivity index (χ3v) is 4.77. The summed E-state index contributed by atoms with van der Waals surface area (Å²) in [5.74, 6) is 0.141. The SMILES string of the molecule is CCN(Cc1ccccc1Cl)C(=O)CC1(N)CCCCC1. The quantitative estimate of drug-likeness (QED) is 0.900. The van der Waals surface area contributed by atoms with Crippen molar-refractivity contribution in [2.24, 2.45) is 5.73 Å². The Morgan fingerprint density at radius 1 is 1.29 bits per heavy atom. The van der Waals surface area contributed by atoms with Gasteiger partial charge in [0.1, 0.15) is 0 Å². The van der Waals surface area contributed by atoms with Crippen molar-refractivity contribution in [1.82, 2.24) is 4.90 Å². The van der Waals surface area contributed by atoms with Gasteiger partial charge in [-0.3, -0.25) is 4.79 Å². The predicted molar refractivity (Wildman–Crippen MR) is 87.2 cm³/mol. The summed E-state index contributed by atoms with van der Waals surface area (Å²) in [6, 6.07) is 7.68. The molecule has 4 heteroatoms. The van der Waals surface area contributed by atoms with Crippen molar-refractivity contribution in [3.05, 3.63) is 34.9 Å². The molecule has 0 aromatic heterocycles. The van der Waals surface area contributed by atoms with Crippen molar-refractivity contribution in [1.29, 1.82) is 0 Å². The van der Waals surface area contributed by atoms with Gasteiger partial charge < -0.3 is 10.6 Å². The van der Waals surface area contributed by atoms with Gasteiger partial charge in [0.15, 0.2) is 0 Å². The lowest BCUT2D eigenvalue weighted by molar-refractivity contribution is -0.133. The van der Waals surface area contributed by atoms with Crippen LogP contribution in [0.1, 0.15) is 51.0 Å². The van der Waals surface area contributed by atoms with Crippen LogP contribution in [0.5, 0.6) is 0 Å². The van der Waals surface area contributed by atoms with E-state index in [0.29, 0.717) is 24.5 Å². The van der Waals surface area contributed by atoms with Crippen LogP contribution in [0.15, 0.2) is 24.3 Å². The largest absolute Gasteiger partial charge is 0.339 e. The van der Waals surface area contributed by atoms with Gasteiger partial charge in [-0.05, 0) is 31.4 Å². The molecule has 0 unspecified atom stereocenters. The van der Waals surface area contributed by atoms with Crippen molar-refractivity contribution in [3.8, 4) is 0 Å². The van der Waals surface area contributed by atoms with Crippen molar-refractivity contribution < 1.29 is 4.79 Å². The second-order valence-corrected chi connectivity index (χ2v) is 6.51. The molecule has 21 heavy (non-hydrogen) atoms. The molecule has 0 saturated heterocycles. The van der Waals surface area contributed by atoms with E-state index in [1.165, 1.54) is 6.42 Å². The lowest BCUT2D eigenvalue weighted by Crippen LogP contribution is -2.46. The molecule has 1 aromatic carbocycles. The lowest BCUT2D eigenvalue weighted by atomic mass is 9.80. The Labute approximate surface area is 132 Å². The number of carbonyl (C=O) groups excluding carboxylic acids is 1. The molecule has 1 fully saturated rings. The van der Waals surface area contributed by atoms with Crippen LogP contribution in [0.4, 0.5) is 0 Å². The van der Waals surface area contributed by atoms with Crippen molar-refractivity contribution in [3.63, 3.8) is 0 Å². The molecule has 0 aliphatic heterocycles. The summed E-state index contributed by atoms with van der Waals surface area (Å²) in [4.78, 5) is 14.4. The topological polar surface area (TPSA) is 46.3 Å². The molecule has 2 rings (SSSR count). The van der Waals surface area contributed by atoms with E-state index in [2.05, 4.69) is 0 Å². The summed E-state index contributed by atoms with van der Waals surface area (Å²) in [7, 11) is 0. The van der Waals surface area contributed by atoms with Crippen molar-refractivity contribution in [2.75, 3.05) is 6.54 Å². The molecule has 1 aliphatic carbocycles. The van der Waals surface area contributed by atoms with Gasteiger partial charge in [0.2, 0.25) is 5.91 Å². The smallest absolute Gasteiger partial charge is 0.224 e. The number of benzene rings is 1. The number of amides is 1. The molecule has 2 N–H and O–H groups in total. The van der Waals surface area contributed by atoms with Gasteiger partial charge in [-0.2, -0.15) is 0 Å². The number of nitrogens with zero attached hydrogens (tertiary/aromatic N) is 1. The first-order chi connectivity index (χ1) is 10.0. The molecule has 1 aliphatic rings. The van der Waals surface area contributed by atoms with Crippen LogP contribution < -0.4 is 5.73 Å². The maximum Gasteiger partial charge on any atom is 0.224 e. The Balaban J connectivity index is 2.00. The fraction of sp³-hybridized carbons (Fsp3) is 0.588. The number of hydrogen-bond acceptors (Lipinski definition) is 2. The molecule has 116 valence electrons. The molecular formula is C17H25ClN2O. The van der Waals surface area contributed by atoms with Crippen LogP contribution in [-0.2, 0) is 11.3 Å². The van der Waals surface area contributed by atoms with Crippen LogP contribution in [0.2, 0.25) is 5.02 Å². The van der Waals surface area contributed by atoms with Crippen molar-refractivity contribution in [2.45, 2.75) is 57.5 Å². The first kappa shape index (κ1) is 16.3. The molecule has 1 saturated carbocycles. The van der Waals surface area contributed by atoms with Crippen LogP contribution in [-0.4, -0.2) is 22.9 Å². The highest BCUT2D eigenvalue weighted by molar-refractivity contribution is 6.31. The normalized spacial score (nSPS) is 17.5. The number of rotatable bonds is 5. The zero-order valence-corrected chi connectivity index (χ0v) is 13.5. The molecule has 0 atom stereocenters. The van der Waals surface area contributed by atoms with E-state index in [0.717, 1.165) is 31.2 Å². The molecule has 3 nitrogen and oxygen atoms in total. The van der Waals surface area contributed by atoms with E-state index in [1.54, 1.807) is 0 Å². The maximum absolute atomic E-state index is 12.6. The fourth-order valence-corrected chi connectivity index (χ4v) is 3.25. The minimum atomic E-state index is -0.302. The average Bonchev–Trinajstić information content (AvgIpc) is 2.46. The van der Waals surface area contributed by atoms with Crippen LogP contribution in [0.25, 0.3) is 0 Å². The van der Waals surface area contributed by atoms with Gasteiger partial charge in [0, 0.05) is 30.1 Å². The summed E-state index contributed by atoms with van der Waals surface area (Å²) in [6.07, 6.45) is 5.89. The Morgan fingerprint density at radius 3 is 2.57 bits per heavy atom. The highest BCUT2D eigenvalue weighted by atomic mass is 35.5. The molecule has 0 spiro atoms. The molecule has 0 heterocycles. The van der Waals surface area contributed by atoms with E-state index in [9.17, 15) is 4.79 Å². The second-order valence-electron chi connectivity index (χ2n) is 6.10. The summed E-state index contributed by atoms with van der Waals surface area (Å²) >= 11 is 6.19. The van der Waals surface area contributed by atoms with Gasteiger partial charge in [0.05, 0.1) is 0 Å². The van der Waals surface area contributed by atoms with Gasteiger partial charge in [-0.25, -0.2) is 0 Å². The minimum Gasteiger partial charge on any atom is -0.339 e. The Morgan fingerprint density at radius 2 is 1.95 bits per heavy atom. The third-order valence-electron chi connectivity index (χ3n) is 4.41.